The van der Waals surface area contributed by atoms with Crippen LogP contribution in [0.25, 0.3) is 105 Å². The number of carbonyl (C=O) groups is 2. The first-order valence-electron chi connectivity index (χ1n) is 22.9. The molecule has 1 aliphatic rings. The molecule has 6 heteroatoms. The van der Waals surface area contributed by atoms with Crippen LogP contribution in [0.1, 0.15) is 20.7 Å². The molecule has 0 bridgehead atoms. The quantitative estimate of drug-likeness (QED) is 0.156. The lowest BCUT2D eigenvalue weighted by Gasteiger charge is -2.20. The van der Waals surface area contributed by atoms with E-state index in [9.17, 15) is 4.79 Å². The third-order valence-electron chi connectivity index (χ3n) is 14.0. The van der Waals surface area contributed by atoms with E-state index in [0.717, 1.165) is 77.5 Å². The summed E-state index contributed by atoms with van der Waals surface area (Å²) in [5.41, 5.74) is 14.0. The van der Waals surface area contributed by atoms with Gasteiger partial charge < -0.3 is 13.7 Å². The first-order valence-corrected chi connectivity index (χ1v) is 22.9. The largest absolute Gasteiger partial charge is 0.309 e. The van der Waals surface area contributed by atoms with Crippen molar-refractivity contribution >= 4 is 82.9 Å². The van der Waals surface area contributed by atoms with E-state index in [1.165, 1.54) is 26.4 Å². The molecule has 0 saturated heterocycles. The molecular formula is C62H38N4O2. The van der Waals surface area contributed by atoms with Crippen LogP contribution in [-0.4, -0.2) is 25.5 Å². The molecule has 0 unspecified atom stereocenters. The molecule has 14 rings (SSSR count). The van der Waals surface area contributed by atoms with Crippen LogP contribution < -0.4 is 4.90 Å². The van der Waals surface area contributed by atoms with Crippen LogP contribution in [0.4, 0.5) is 5.69 Å². The average molecular weight is 871 g/mol. The Morgan fingerprint density at radius 3 is 1.24 bits per heavy atom. The highest BCUT2D eigenvalue weighted by atomic mass is 16.2. The number of anilines is 1. The van der Waals surface area contributed by atoms with Gasteiger partial charge in [0.1, 0.15) is 0 Å². The summed E-state index contributed by atoms with van der Waals surface area (Å²) >= 11 is 0. The maximum atomic E-state index is 15.4. The third kappa shape index (κ3) is 5.46. The minimum Gasteiger partial charge on any atom is -0.309 e. The molecule has 3 aromatic heterocycles. The van der Waals surface area contributed by atoms with E-state index in [0.29, 0.717) is 22.5 Å². The van der Waals surface area contributed by atoms with Crippen LogP contribution in [0.5, 0.6) is 0 Å². The van der Waals surface area contributed by atoms with Gasteiger partial charge in [0.05, 0.1) is 55.6 Å². The molecule has 0 radical (unpaired) electrons. The Labute approximate surface area is 390 Å². The lowest BCUT2D eigenvalue weighted by atomic mass is 9.97. The summed E-state index contributed by atoms with van der Waals surface area (Å²) in [7, 11) is 0. The summed E-state index contributed by atoms with van der Waals surface area (Å²) in [6.07, 6.45) is 0. The van der Waals surface area contributed by atoms with Crippen molar-refractivity contribution in [1.29, 1.82) is 0 Å². The summed E-state index contributed by atoms with van der Waals surface area (Å²) in [6, 6.07) is 79.3. The van der Waals surface area contributed by atoms with Crippen molar-refractivity contribution in [3.63, 3.8) is 0 Å². The molecule has 0 fully saturated rings. The molecule has 1 aliphatic heterocycles. The Balaban J connectivity index is 1.01. The highest BCUT2D eigenvalue weighted by Crippen LogP contribution is 2.44. The molecule has 0 saturated carbocycles. The SMILES string of the molecule is O=C1c2cccc(-n3c4ccc(-n5c6ccccc6c6ccccc65)cc4c4cc(-n5c6ccccc6c6ccccc65)ccc43)c2C(=O)N1c1cc(-c2ccccc2)ccc1-c1ccccc1. The monoisotopic (exact) mass is 870 g/mol. The summed E-state index contributed by atoms with van der Waals surface area (Å²) < 4.78 is 6.87. The zero-order valence-electron chi connectivity index (χ0n) is 36.5. The summed E-state index contributed by atoms with van der Waals surface area (Å²) in [6.45, 7) is 0. The highest BCUT2D eigenvalue weighted by molar-refractivity contribution is 6.36. The van der Waals surface area contributed by atoms with E-state index in [-0.39, 0.29) is 11.8 Å². The van der Waals surface area contributed by atoms with E-state index >= 15 is 4.79 Å². The first kappa shape index (κ1) is 38.1. The number of carbonyl (C=O) groups excluding carboxylic acids is 2. The van der Waals surface area contributed by atoms with Gasteiger partial charge in [0, 0.05) is 49.3 Å². The number of aromatic nitrogens is 3. The number of nitrogens with zero attached hydrogens (tertiary/aromatic N) is 4. The summed E-state index contributed by atoms with van der Waals surface area (Å²) in [5, 5.41) is 6.81. The van der Waals surface area contributed by atoms with Crippen LogP contribution in [0, 0.1) is 0 Å². The van der Waals surface area contributed by atoms with Gasteiger partial charge in [-0.2, -0.15) is 0 Å². The van der Waals surface area contributed by atoms with E-state index < -0.39 is 0 Å². The van der Waals surface area contributed by atoms with E-state index in [2.05, 4.69) is 153 Å². The van der Waals surface area contributed by atoms with Crippen LogP contribution in [0.2, 0.25) is 0 Å². The van der Waals surface area contributed by atoms with Crippen molar-refractivity contribution in [2.24, 2.45) is 0 Å². The van der Waals surface area contributed by atoms with E-state index in [4.69, 9.17) is 0 Å². The number of hydrogen-bond donors (Lipinski definition) is 0. The zero-order valence-corrected chi connectivity index (χ0v) is 36.5. The molecule has 0 N–H and O–H groups in total. The Morgan fingerprint density at radius 2 is 0.721 bits per heavy atom. The van der Waals surface area contributed by atoms with Gasteiger partial charge in [0.2, 0.25) is 0 Å². The molecule has 4 heterocycles. The molecule has 0 aliphatic carbocycles. The smallest absolute Gasteiger partial charge is 0.268 e. The Morgan fingerprint density at radius 1 is 0.265 bits per heavy atom. The van der Waals surface area contributed by atoms with Gasteiger partial charge in [-0.25, -0.2) is 4.90 Å². The summed E-state index contributed by atoms with van der Waals surface area (Å²) in [4.78, 5) is 31.8. The van der Waals surface area contributed by atoms with Crippen LogP contribution >= 0.6 is 0 Å². The van der Waals surface area contributed by atoms with Gasteiger partial charge in [-0.3, -0.25) is 9.59 Å². The predicted molar refractivity (Wildman–Crippen MR) is 278 cm³/mol. The number of imide groups is 1. The normalized spacial score (nSPS) is 12.7. The van der Waals surface area contributed by atoms with Crippen LogP contribution in [0.3, 0.4) is 0 Å². The Bertz CT molecular complexity index is 3970. The molecule has 2 amide bonds. The first-order chi connectivity index (χ1) is 33.6. The van der Waals surface area contributed by atoms with Gasteiger partial charge in [0.25, 0.3) is 11.8 Å². The van der Waals surface area contributed by atoms with Crippen molar-refractivity contribution in [2.45, 2.75) is 0 Å². The zero-order chi connectivity index (χ0) is 45.0. The third-order valence-corrected chi connectivity index (χ3v) is 14.0. The van der Waals surface area contributed by atoms with Crippen molar-refractivity contribution in [3.8, 4) is 39.3 Å². The lowest BCUT2D eigenvalue weighted by Crippen LogP contribution is -2.30. The minimum absolute atomic E-state index is 0.350. The molecule has 13 aromatic rings. The second-order valence-electron chi connectivity index (χ2n) is 17.6. The van der Waals surface area contributed by atoms with Crippen molar-refractivity contribution in [3.05, 3.63) is 242 Å². The van der Waals surface area contributed by atoms with Gasteiger partial charge in [-0.05, 0) is 95.6 Å². The molecule has 318 valence electrons. The fourth-order valence-electron chi connectivity index (χ4n) is 11.0. The van der Waals surface area contributed by atoms with Crippen molar-refractivity contribution in [2.75, 3.05) is 4.90 Å². The second kappa shape index (κ2) is 14.6. The molecule has 0 atom stereocenters. The van der Waals surface area contributed by atoms with E-state index in [1.54, 1.807) is 6.07 Å². The van der Waals surface area contributed by atoms with Gasteiger partial charge in [-0.1, -0.05) is 152 Å². The van der Waals surface area contributed by atoms with E-state index in [1.807, 2.05) is 84.9 Å². The Hall–Kier alpha value is -9.26. The maximum absolute atomic E-state index is 15.4. The standard InChI is InChI=1S/C62H38N4O2/c67-61-49-24-15-29-58(60(49)62(68)66(61)59-36-41(39-16-3-1-4-17-39)30-33-44(59)40-18-5-2-6-19-40)65-56-34-31-42(63-52-25-11-7-20-45(52)46-21-8-12-26-53(46)63)37-50(56)51-38-43(32-35-57(51)65)64-54-27-13-9-22-47(54)48-23-10-14-28-55(48)64/h1-38H. The Kier molecular flexibility index (Phi) is 8.18. The fraction of sp³-hybridized carbons (Fsp3) is 0. The van der Waals surface area contributed by atoms with Crippen LogP contribution in [-0.2, 0) is 0 Å². The number of rotatable bonds is 6. The van der Waals surface area contributed by atoms with Crippen molar-refractivity contribution in [1.82, 2.24) is 13.7 Å². The minimum atomic E-state index is -0.359. The van der Waals surface area contributed by atoms with Gasteiger partial charge in [0.15, 0.2) is 0 Å². The molecule has 10 aromatic carbocycles. The fourth-order valence-corrected chi connectivity index (χ4v) is 11.0. The molecule has 0 spiro atoms. The highest BCUT2D eigenvalue weighted by Gasteiger charge is 2.40. The number of hydrogen-bond acceptors (Lipinski definition) is 2. The number of para-hydroxylation sites is 4. The summed E-state index contributed by atoms with van der Waals surface area (Å²) in [5.74, 6) is -0.709. The van der Waals surface area contributed by atoms with Gasteiger partial charge in [-0.15, -0.1) is 0 Å². The van der Waals surface area contributed by atoms with Gasteiger partial charge >= 0.3 is 0 Å². The predicted octanol–water partition coefficient (Wildman–Crippen LogP) is 15.1. The number of benzene rings is 10. The van der Waals surface area contributed by atoms with Crippen LogP contribution in [0.15, 0.2) is 231 Å². The average Bonchev–Trinajstić information content (AvgIpc) is 4.10. The van der Waals surface area contributed by atoms with Crippen molar-refractivity contribution < 1.29 is 9.59 Å². The second-order valence-corrected chi connectivity index (χ2v) is 17.6. The molecule has 68 heavy (non-hydrogen) atoms. The maximum Gasteiger partial charge on any atom is 0.268 e. The number of amides is 2. The lowest BCUT2D eigenvalue weighted by molar-refractivity contribution is 0.0926. The molecule has 6 nitrogen and oxygen atoms in total. The topological polar surface area (TPSA) is 52.2 Å². The molecular weight excluding hydrogens is 833 g/mol. The number of fused-ring (bicyclic) bond motifs is 10.